The number of anilines is 1. The van der Waals surface area contributed by atoms with Crippen molar-refractivity contribution in [2.24, 2.45) is 0 Å². The van der Waals surface area contributed by atoms with E-state index in [1.54, 1.807) is 0 Å². The highest BCUT2D eigenvalue weighted by Gasteiger charge is 2.30. The van der Waals surface area contributed by atoms with E-state index in [1.165, 1.54) is 7.11 Å². The molecule has 1 aliphatic rings. The van der Waals surface area contributed by atoms with Crippen molar-refractivity contribution in [2.75, 3.05) is 32.1 Å². The van der Waals surface area contributed by atoms with E-state index in [1.807, 2.05) is 31.3 Å². The monoisotopic (exact) mass is 262 g/mol. The molecule has 104 valence electrons. The number of carbonyl (C=O) groups excluding carboxylic acids is 1. The maximum absolute atomic E-state index is 11.8. The van der Waals surface area contributed by atoms with E-state index in [0.29, 0.717) is 5.56 Å². The van der Waals surface area contributed by atoms with Gasteiger partial charge in [-0.15, -0.1) is 0 Å². The van der Waals surface area contributed by atoms with Crippen LogP contribution >= 0.6 is 0 Å². The van der Waals surface area contributed by atoms with Crippen LogP contribution in [0.5, 0.6) is 0 Å². The molecule has 1 saturated heterocycles. The first-order valence-corrected chi connectivity index (χ1v) is 6.71. The zero-order valence-electron chi connectivity index (χ0n) is 11.9. The molecule has 19 heavy (non-hydrogen) atoms. The van der Waals surface area contributed by atoms with Crippen molar-refractivity contribution in [3.05, 3.63) is 29.8 Å². The molecule has 4 nitrogen and oxygen atoms in total. The normalized spacial score (nSPS) is 23.2. The van der Waals surface area contributed by atoms with Gasteiger partial charge in [-0.3, -0.25) is 0 Å². The average Bonchev–Trinajstić information content (AvgIpc) is 2.46. The second-order valence-corrected chi connectivity index (χ2v) is 5.34. The Hall–Kier alpha value is -1.55. The van der Waals surface area contributed by atoms with Crippen LogP contribution in [-0.2, 0) is 4.74 Å². The zero-order chi connectivity index (χ0) is 13.9. The number of nitrogens with one attached hydrogen (secondary N) is 1. The summed E-state index contributed by atoms with van der Waals surface area (Å²) in [6.07, 6.45) is 2.27. The summed E-state index contributed by atoms with van der Waals surface area (Å²) in [5.74, 6) is -0.271. The van der Waals surface area contributed by atoms with E-state index in [-0.39, 0.29) is 11.5 Å². The molecule has 0 aromatic heterocycles. The molecular formula is C15H22N2O2. The van der Waals surface area contributed by atoms with Crippen LogP contribution in [-0.4, -0.2) is 38.8 Å². The van der Waals surface area contributed by atoms with Crippen molar-refractivity contribution < 1.29 is 9.53 Å². The summed E-state index contributed by atoms with van der Waals surface area (Å²) >= 11 is 0. The molecule has 1 fully saturated rings. The number of ether oxygens (including phenoxy) is 1. The van der Waals surface area contributed by atoms with Crippen LogP contribution in [0.2, 0.25) is 0 Å². The first-order chi connectivity index (χ1) is 9.09. The highest BCUT2D eigenvalue weighted by molar-refractivity contribution is 5.95. The van der Waals surface area contributed by atoms with Gasteiger partial charge in [-0.1, -0.05) is 12.1 Å². The van der Waals surface area contributed by atoms with Crippen LogP contribution in [0.3, 0.4) is 0 Å². The molecule has 2 rings (SSSR count). The second-order valence-electron chi connectivity index (χ2n) is 5.34. The van der Waals surface area contributed by atoms with Gasteiger partial charge in [0.1, 0.15) is 0 Å². The third kappa shape index (κ3) is 2.89. The topological polar surface area (TPSA) is 41.6 Å². The fourth-order valence-electron chi connectivity index (χ4n) is 2.68. The number of methoxy groups -OCH3 is 1. The van der Waals surface area contributed by atoms with Gasteiger partial charge in [0.15, 0.2) is 0 Å². The Labute approximate surface area is 114 Å². The van der Waals surface area contributed by atoms with E-state index in [9.17, 15) is 4.79 Å². The summed E-state index contributed by atoms with van der Waals surface area (Å²) in [5.41, 5.74) is 1.71. The predicted molar refractivity (Wildman–Crippen MR) is 76.7 cm³/mol. The standard InChI is InChI=1S/C15H22N2O2/c1-15(16-2)9-6-10-17(11-15)13-8-5-4-7-12(13)14(18)19-3/h4-5,7-8,16H,6,9-11H2,1-3H3. The summed E-state index contributed by atoms with van der Waals surface area (Å²) in [5, 5.41) is 3.38. The van der Waals surface area contributed by atoms with Gasteiger partial charge in [0.2, 0.25) is 0 Å². The number of esters is 1. The number of rotatable bonds is 3. The highest BCUT2D eigenvalue weighted by Crippen LogP contribution is 2.28. The van der Waals surface area contributed by atoms with Crippen molar-refractivity contribution in [2.45, 2.75) is 25.3 Å². The Morgan fingerprint density at radius 3 is 2.84 bits per heavy atom. The minimum Gasteiger partial charge on any atom is -0.465 e. The van der Waals surface area contributed by atoms with Crippen LogP contribution < -0.4 is 10.2 Å². The third-order valence-electron chi connectivity index (χ3n) is 3.95. The zero-order valence-corrected chi connectivity index (χ0v) is 11.9. The SMILES string of the molecule is CNC1(C)CCCN(c2ccccc2C(=O)OC)C1. The van der Waals surface area contributed by atoms with Crippen molar-refractivity contribution in [1.82, 2.24) is 5.32 Å². The minimum atomic E-state index is -0.271. The van der Waals surface area contributed by atoms with Gasteiger partial charge >= 0.3 is 5.97 Å². The summed E-state index contributed by atoms with van der Waals surface area (Å²) in [6.45, 7) is 4.10. The summed E-state index contributed by atoms with van der Waals surface area (Å²) in [4.78, 5) is 14.1. The number of likely N-dealkylation sites (N-methyl/N-ethyl adjacent to an activating group) is 1. The van der Waals surface area contributed by atoms with Crippen LogP contribution in [0, 0.1) is 0 Å². The fraction of sp³-hybridized carbons (Fsp3) is 0.533. The first-order valence-electron chi connectivity index (χ1n) is 6.71. The van der Waals surface area contributed by atoms with E-state index in [4.69, 9.17) is 4.74 Å². The molecule has 1 aromatic rings. The number of piperidine rings is 1. The molecule has 0 bridgehead atoms. The molecule has 0 amide bonds. The third-order valence-corrected chi connectivity index (χ3v) is 3.95. The Kier molecular flexibility index (Phi) is 4.10. The first kappa shape index (κ1) is 13.9. The van der Waals surface area contributed by atoms with Crippen LogP contribution in [0.4, 0.5) is 5.69 Å². The maximum atomic E-state index is 11.8. The van der Waals surface area contributed by atoms with E-state index < -0.39 is 0 Å². The van der Waals surface area contributed by atoms with Crippen molar-refractivity contribution in [3.63, 3.8) is 0 Å². The van der Waals surface area contributed by atoms with Crippen LogP contribution in [0.1, 0.15) is 30.1 Å². The molecule has 4 heteroatoms. The minimum absolute atomic E-state index is 0.0987. The number of para-hydroxylation sites is 1. The number of hydrogen-bond donors (Lipinski definition) is 1. The van der Waals surface area contributed by atoms with E-state index in [2.05, 4.69) is 17.1 Å². The molecule has 1 heterocycles. The largest absolute Gasteiger partial charge is 0.465 e. The lowest BCUT2D eigenvalue weighted by atomic mass is 9.90. The molecule has 1 N–H and O–H groups in total. The van der Waals surface area contributed by atoms with Crippen molar-refractivity contribution in [1.29, 1.82) is 0 Å². The Bertz CT molecular complexity index is 461. The van der Waals surface area contributed by atoms with Crippen LogP contribution in [0.15, 0.2) is 24.3 Å². The predicted octanol–water partition coefficient (Wildman–Crippen LogP) is 2.05. The van der Waals surface area contributed by atoms with Gasteiger partial charge in [-0.25, -0.2) is 4.79 Å². The van der Waals surface area contributed by atoms with Gasteiger partial charge in [0.25, 0.3) is 0 Å². The number of carbonyl (C=O) groups is 1. The molecule has 1 unspecified atom stereocenters. The lowest BCUT2D eigenvalue weighted by Crippen LogP contribution is -2.54. The van der Waals surface area contributed by atoms with Gasteiger partial charge in [-0.05, 0) is 38.9 Å². The second kappa shape index (κ2) is 5.61. The smallest absolute Gasteiger partial charge is 0.339 e. The molecular weight excluding hydrogens is 240 g/mol. The fourth-order valence-corrected chi connectivity index (χ4v) is 2.68. The van der Waals surface area contributed by atoms with Gasteiger partial charge in [0, 0.05) is 18.6 Å². The van der Waals surface area contributed by atoms with Crippen molar-refractivity contribution >= 4 is 11.7 Å². The Balaban J connectivity index is 2.29. The van der Waals surface area contributed by atoms with Gasteiger partial charge in [-0.2, -0.15) is 0 Å². The number of nitrogens with zero attached hydrogens (tertiary/aromatic N) is 1. The summed E-state index contributed by atoms with van der Waals surface area (Å²) in [6, 6.07) is 7.66. The van der Waals surface area contributed by atoms with E-state index >= 15 is 0 Å². The van der Waals surface area contributed by atoms with Crippen molar-refractivity contribution in [3.8, 4) is 0 Å². The number of benzene rings is 1. The molecule has 1 aliphatic heterocycles. The number of hydrogen-bond acceptors (Lipinski definition) is 4. The Morgan fingerprint density at radius 2 is 2.16 bits per heavy atom. The molecule has 0 spiro atoms. The van der Waals surface area contributed by atoms with Gasteiger partial charge < -0.3 is 15.0 Å². The quantitative estimate of drug-likeness (QED) is 0.847. The average molecular weight is 262 g/mol. The maximum Gasteiger partial charge on any atom is 0.339 e. The molecule has 0 radical (unpaired) electrons. The lowest BCUT2D eigenvalue weighted by molar-refractivity contribution is 0.0601. The highest BCUT2D eigenvalue weighted by atomic mass is 16.5. The molecule has 1 atom stereocenters. The Morgan fingerprint density at radius 1 is 1.42 bits per heavy atom. The lowest BCUT2D eigenvalue weighted by Gasteiger charge is -2.42. The molecule has 0 saturated carbocycles. The molecule has 0 aliphatic carbocycles. The van der Waals surface area contributed by atoms with Gasteiger partial charge in [0.05, 0.1) is 18.4 Å². The summed E-state index contributed by atoms with van der Waals surface area (Å²) in [7, 11) is 3.42. The van der Waals surface area contributed by atoms with E-state index in [0.717, 1.165) is 31.6 Å². The molecule has 1 aromatic carbocycles. The summed E-state index contributed by atoms with van der Waals surface area (Å²) < 4.78 is 4.86. The van der Waals surface area contributed by atoms with Crippen LogP contribution in [0.25, 0.3) is 0 Å².